The Morgan fingerprint density at radius 2 is 1.79 bits per heavy atom. The maximum Gasteiger partial charge on any atom is 0.161 e. The monoisotopic (exact) mass is 536 g/mol. The van der Waals surface area contributed by atoms with Gasteiger partial charge < -0.3 is 10.4 Å². The predicted octanol–water partition coefficient (Wildman–Crippen LogP) is 7.41. The van der Waals surface area contributed by atoms with Crippen LogP contribution in [0.3, 0.4) is 0 Å². The van der Waals surface area contributed by atoms with E-state index in [0.717, 1.165) is 35.5 Å². The first-order valence-electron chi connectivity index (χ1n) is 15.2. The molecule has 0 amide bonds. The topological polar surface area (TPSA) is 62.2 Å². The van der Waals surface area contributed by atoms with E-state index in [9.17, 15) is 9.90 Å². The van der Waals surface area contributed by atoms with Crippen molar-refractivity contribution in [2.24, 2.45) is 45.8 Å². The lowest BCUT2D eigenvalue weighted by atomic mass is 9.37. The fourth-order valence-electron chi connectivity index (χ4n) is 11.1. The van der Waals surface area contributed by atoms with Crippen molar-refractivity contribution >= 4 is 22.8 Å². The summed E-state index contributed by atoms with van der Waals surface area (Å²) >= 11 is 1.61. The minimum atomic E-state index is -0.304. The van der Waals surface area contributed by atoms with Crippen LogP contribution in [0, 0.1) is 45.8 Å². The maximum atomic E-state index is 13.7. The Labute approximate surface area is 233 Å². The third-order valence-corrected chi connectivity index (χ3v) is 13.5. The van der Waals surface area contributed by atoms with Crippen LogP contribution in [0.4, 0.5) is 0 Å². The molecular formula is C33H48N2O2S. The van der Waals surface area contributed by atoms with Gasteiger partial charge in [0, 0.05) is 18.0 Å². The number of aliphatic hydroxyl groups excluding tert-OH is 1. The van der Waals surface area contributed by atoms with Crippen LogP contribution in [0.1, 0.15) is 104 Å². The first kappa shape index (κ1) is 26.7. The highest BCUT2D eigenvalue weighted by Crippen LogP contribution is 2.72. The van der Waals surface area contributed by atoms with Gasteiger partial charge in [0.25, 0.3) is 0 Å². The first-order valence-corrected chi connectivity index (χ1v) is 16.1. The number of nitrogens with zero attached hydrogens (tertiary/aromatic N) is 1. The van der Waals surface area contributed by atoms with E-state index >= 15 is 0 Å². The summed E-state index contributed by atoms with van der Waals surface area (Å²) in [5.74, 6) is 2.94. The number of Topliss-reactive ketones (excluding diaryl/α,β-unsaturated/α-hetero) is 1. The van der Waals surface area contributed by atoms with E-state index in [1.54, 1.807) is 11.3 Å². The number of nitrogens with one attached hydrogen (secondary N) is 1. The van der Waals surface area contributed by atoms with Crippen molar-refractivity contribution in [2.75, 3.05) is 0 Å². The summed E-state index contributed by atoms with van der Waals surface area (Å²) < 4.78 is 0. The minimum absolute atomic E-state index is 0.0157. The Balaban J connectivity index is 1.38. The molecule has 208 valence electrons. The number of allylic oxidation sites excluding steroid dienone is 1. The van der Waals surface area contributed by atoms with E-state index in [4.69, 9.17) is 0 Å². The molecule has 38 heavy (non-hydrogen) atoms. The molecule has 0 spiro atoms. The van der Waals surface area contributed by atoms with Gasteiger partial charge in [-0.2, -0.15) is 0 Å². The van der Waals surface area contributed by atoms with Crippen molar-refractivity contribution < 1.29 is 9.90 Å². The number of hydrogen-bond donors (Lipinski definition) is 2. The average molecular weight is 537 g/mol. The summed E-state index contributed by atoms with van der Waals surface area (Å²) in [6, 6.07) is 0. The Morgan fingerprint density at radius 1 is 1.05 bits per heavy atom. The highest BCUT2D eigenvalue weighted by atomic mass is 32.1. The molecule has 1 aromatic rings. The molecule has 0 saturated heterocycles. The van der Waals surface area contributed by atoms with E-state index < -0.39 is 0 Å². The number of aromatic nitrogens is 1. The van der Waals surface area contributed by atoms with Gasteiger partial charge in [0.1, 0.15) is 5.01 Å². The summed E-state index contributed by atoms with van der Waals surface area (Å²) in [4.78, 5) is 18.2. The average Bonchev–Trinajstić information content (AvgIpc) is 3.47. The number of aliphatic hydroxyl groups is 1. The third kappa shape index (κ3) is 3.56. The molecule has 1 heterocycles. The van der Waals surface area contributed by atoms with Crippen molar-refractivity contribution in [3.8, 4) is 0 Å². The lowest BCUT2D eigenvalue weighted by Gasteiger charge is -2.68. The zero-order valence-corrected chi connectivity index (χ0v) is 25.2. The molecule has 6 rings (SSSR count). The first-order chi connectivity index (χ1) is 17.8. The normalized spacial score (nSPS) is 43.8. The Bertz CT molecular complexity index is 1170. The zero-order valence-electron chi connectivity index (χ0n) is 24.4. The number of carbonyl (C=O) groups excluding carboxylic acids is 1. The molecule has 5 aliphatic rings. The van der Waals surface area contributed by atoms with Crippen molar-refractivity contribution in [1.29, 1.82) is 0 Å². The summed E-state index contributed by atoms with van der Waals surface area (Å²) in [5, 5.41) is 17.7. The van der Waals surface area contributed by atoms with Gasteiger partial charge in [0.05, 0.1) is 17.3 Å². The molecule has 5 heteroatoms. The largest absolute Gasteiger partial charge is 0.393 e. The molecule has 8 atom stereocenters. The molecule has 0 aromatic carbocycles. The zero-order chi connectivity index (χ0) is 27.3. The predicted molar refractivity (Wildman–Crippen MR) is 155 cm³/mol. The van der Waals surface area contributed by atoms with E-state index in [-0.39, 0.29) is 33.8 Å². The molecule has 0 aliphatic heterocycles. The third-order valence-electron chi connectivity index (χ3n) is 12.7. The second kappa shape index (κ2) is 8.77. The standard InChI is InChI=1S/C33H48N2O2S/c1-19(2)27-23(36)18-33(35-20(3)29-34-16-17-38-29)15-10-22-21(28(27)33)8-9-25-31(22,6)13-11-24-30(4,5)26(37)12-14-32(24,25)7/h16-17,19,21-22,24-26,35,37H,3,8-15,18H2,1-2,4-7H3. The molecule has 4 fully saturated rings. The van der Waals surface area contributed by atoms with Gasteiger partial charge in [-0.3, -0.25) is 4.79 Å². The summed E-state index contributed by atoms with van der Waals surface area (Å²) in [7, 11) is 0. The van der Waals surface area contributed by atoms with Crippen LogP contribution in [-0.4, -0.2) is 27.5 Å². The highest BCUT2D eigenvalue weighted by Gasteiger charge is 2.66. The number of thiazole rings is 1. The highest BCUT2D eigenvalue weighted by molar-refractivity contribution is 7.10. The van der Waals surface area contributed by atoms with Crippen LogP contribution in [0.25, 0.3) is 5.70 Å². The van der Waals surface area contributed by atoms with Crippen LogP contribution in [0.2, 0.25) is 0 Å². The van der Waals surface area contributed by atoms with Crippen LogP contribution >= 0.6 is 11.3 Å². The lowest BCUT2D eigenvalue weighted by Crippen LogP contribution is -2.63. The van der Waals surface area contributed by atoms with Crippen LogP contribution < -0.4 is 5.32 Å². The minimum Gasteiger partial charge on any atom is -0.393 e. The van der Waals surface area contributed by atoms with Crippen molar-refractivity contribution in [3.05, 3.63) is 34.3 Å². The molecule has 2 N–H and O–H groups in total. The second-order valence-corrected chi connectivity index (χ2v) is 15.9. The van der Waals surface area contributed by atoms with E-state index in [1.165, 1.54) is 37.7 Å². The molecule has 1 aromatic heterocycles. The van der Waals surface area contributed by atoms with E-state index in [0.29, 0.717) is 35.9 Å². The molecule has 5 aliphatic carbocycles. The van der Waals surface area contributed by atoms with Crippen LogP contribution in [-0.2, 0) is 4.79 Å². The smallest absolute Gasteiger partial charge is 0.161 e. The van der Waals surface area contributed by atoms with Gasteiger partial charge in [-0.05, 0) is 108 Å². The second-order valence-electron chi connectivity index (χ2n) is 15.0. The summed E-state index contributed by atoms with van der Waals surface area (Å²) in [6.45, 7) is 18.7. The number of carbonyl (C=O) groups is 1. The summed E-state index contributed by atoms with van der Waals surface area (Å²) in [5.41, 5.74) is 3.67. The Hall–Kier alpha value is -1.46. The molecule has 4 saturated carbocycles. The van der Waals surface area contributed by atoms with Crippen LogP contribution in [0.5, 0.6) is 0 Å². The van der Waals surface area contributed by atoms with Crippen molar-refractivity contribution in [3.63, 3.8) is 0 Å². The Morgan fingerprint density at radius 3 is 2.47 bits per heavy atom. The fourth-order valence-corrected chi connectivity index (χ4v) is 11.7. The lowest BCUT2D eigenvalue weighted by molar-refractivity contribution is -0.202. The van der Waals surface area contributed by atoms with Crippen molar-refractivity contribution in [2.45, 2.75) is 111 Å². The number of fused-ring (bicyclic) bond motifs is 7. The van der Waals surface area contributed by atoms with Crippen LogP contribution in [0.15, 0.2) is 29.3 Å². The fraction of sp³-hybridized carbons (Fsp3) is 0.758. The Kier molecular flexibility index (Phi) is 6.17. The van der Waals surface area contributed by atoms with E-state index in [2.05, 4.69) is 58.4 Å². The van der Waals surface area contributed by atoms with Gasteiger partial charge >= 0.3 is 0 Å². The maximum absolute atomic E-state index is 13.7. The molecule has 0 radical (unpaired) electrons. The quantitative estimate of drug-likeness (QED) is 0.421. The number of hydrogen-bond acceptors (Lipinski definition) is 5. The van der Waals surface area contributed by atoms with Gasteiger partial charge in [-0.1, -0.05) is 48.1 Å². The summed E-state index contributed by atoms with van der Waals surface area (Å²) in [6.07, 6.45) is 11.4. The van der Waals surface area contributed by atoms with Gasteiger partial charge in [-0.15, -0.1) is 11.3 Å². The molecule has 4 nitrogen and oxygen atoms in total. The molecule has 0 bridgehead atoms. The van der Waals surface area contributed by atoms with Gasteiger partial charge in [0.15, 0.2) is 5.78 Å². The van der Waals surface area contributed by atoms with Gasteiger partial charge in [-0.25, -0.2) is 4.98 Å². The molecular weight excluding hydrogens is 488 g/mol. The van der Waals surface area contributed by atoms with E-state index in [1.807, 2.05) is 11.6 Å². The van der Waals surface area contributed by atoms with Gasteiger partial charge in [0.2, 0.25) is 0 Å². The molecule has 8 unspecified atom stereocenters. The SMILES string of the molecule is C=C(NC12CCC3C(CCC4C3(C)CCC3C(C)(C)C(O)CCC34C)C1=C(C(C)C)C(=O)C2)c1nccs1. The number of ketones is 1. The number of rotatable bonds is 4. The van der Waals surface area contributed by atoms with Crippen molar-refractivity contribution in [1.82, 2.24) is 10.3 Å².